The lowest BCUT2D eigenvalue weighted by molar-refractivity contribution is 0.574. The van der Waals surface area contributed by atoms with Crippen LogP contribution in [0, 0.1) is 6.92 Å². The zero-order valence-electron chi connectivity index (χ0n) is 12.6. The van der Waals surface area contributed by atoms with E-state index in [2.05, 4.69) is 85.9 Å². The fraction of sp³-hybridized carbons (Fsp3) is 0.200. The number of benzene rings is 3. The van der Waals surface area contributed by atoms with Gasteiger partial charge < -0.3 is 5.32 Å². The smallest absolute Gasteiger partial charge is 0.0295 e. The summed E-state index contributed by atoms with van der Waals surface area (Å²) in [5.41, 5.74) is 3.98. The first-order chi connectivity index (χ1) is 10.2. The largest absolute Gasteiger partial charge is 0.306 e. The molecule has 1 atom stereocenters. The first kappa shape index (κ1) is 13.8. The highest BCUT2D eigenvalue weighted by Crippen LogP contribution is 2.18. The molecule has 0 unspecified atom stereocenters. The zero-order chi connectivity index (χ0) is 14.7. The highest BCUT2D eigenvalue weighted by molar-refractivity contribution is 5.82. The summed E-state index contributed by atoms with van der Waals surface area (Å²) in [5.74, 6) is 0. The van der Waals surface area contributed by atoms with Gasteiger partial charge in [-0.15, -0.1) is 0 Å². The van der Waals surface area contributed by atoms with Gasteiger partial charge in [0.2, 0.25) is 0 Å². The third-order valence-electron chi connectivity index (χ3n) is 3.97. The Kier molecular flexibility index (Phi) is 4.03. The summed E-state index contributed by atoms with van der Waals surface area (Å²) in [6.45, 7) is 5.25. The summed E-state index contributed by atoms with van der Waals surface area (Å²) in [7, 11) is 0. The summed E-state index contributed by atoms with van der Waals surface area (Å²) >= 11 is 0. The van der Waals surface area contributed by atoms with E-state index in [1.54, 1.807) is 0 Å². The van der Waals surface area contributed by atoms with Crippen molar-refractivity contribution in [2.45, 2.75) is 26.4 Å². The molecule has 0 aliphatic heterocycles. The molecule has 106 valence electrons. The minimum atomic E-state index is 0.358. The maximum Gasteiger partial charge on any atom is 0.0295 e. The van der Waals surface area contributed by atoms with Crippen LogP contribution in [0.25, 0.3) is 10.8 Å². The lowest BCUT2D eigenvalue weighted by atomic mass is 10.0. The second kappa shape index (κ2) is 6.11. The fourth-order valence-electron chi connectivity index (χ4n) is 2.68. The summed E-state index contributed by atoms with van der Waals surface area (Å²) in [6, 6.07) is 24.2. The molecule has 21 heavy (non-hydrogen) atoms. The van der Waals surface area contributed by atoms with Crippen molar-refractivity contribution in [3.8, 4) is 0 Å². The lowest BCUT2D eigenvalue weighted by Gasteiger charge is -2.15. The van der Waals surface area contributed by atoms with Gasteiger partial charge in [-0.2, -0.15) is 0 Å². The predicted octanol–water partition coefficient (Wildman–Crippen LogP) is 5.00. The van der Waals surface area contributed by atoms with Crippen LogP contribution < -0.4 is 5.32 Å². The van der Waals surface area contributed by atoms with E-state index >= 15 is 0 Å². The van der Waals surface area contributed by atoms with Crippen LogP contribution >= 0.6 is 0 Å². The van der Waals surface area contributed by atoms with E-state index in [-0.39, 0.29) is 0 Å². The van der Waals surface area contributed by atoms with Gasteiger partial charge in [0.1, 0.15) is 0 Å². The van der Waals surface area contributed by atoms with Gasteiger partial charge in [0.15, 0.2) is 0 Å². The number of hydrogen-bond acceptors (Lipinski definition) is 1. The topological polar surface area (TPSA) is 12.0 Å². The van der Waals surface area contributed by atoms with Gasteiger partial charge in [-0.25, -0.2) is 0 Å². The average Bonchev–Trinajstić information content (AvgIpc) is 2.52. The van der Waals surface area contributed by atoms with Crippen LogP contribution in [0.15, 0.2) is 66.7 Å². The van der Waals surface area contributed by atoms with Crippen molar-refractivity contribution in [2.75, 3.05) is 0 Å². The standard InChI is InChI=1S/C20H21N/c1-15-6-5-9-19(12-15)16(2)21-14-17-10-11-18-7-3-4-8-20(18)13-17/h3-13,16,21H,14H2,1-2H3/t16-/m0/s1. The molecule has 0 bridgehead atoms. The molecular weight excluding hydrogens is 254 g/mol. The molecule has 0 aliphatic rings. The Morgan fingerprint density at radius 2 is 1.67 bits per heavy atom. The minimum Gasteiger partial charge on any atom is -0.306 e. The van der Waals surface area contributed by atoms with Gasteiger partial charge in [-0.3, -0.25) is 0 Å². The van der Waals surface area contributed by atoms with Crippen molar-refractivity contribution >= 4 is 10.8 Å². The number of rotatable bonds is 4. The second-order valence-electron chi connectivity index (χ2n) is 5.70. The van der Waals surface area contributed by atoms with Crippen LogP contribution in [-0.2, 0) is 6.54 Å². The number of nitrogens with one attached hydrogen (secondary N) is 1. The molecular formula is C20H21N. The fourth-order valence-corrected chi connectivity index (χ4v) is 2.68. The van der Waals surface area contributed by atoms with Crippen LogP contribution in [0.4, 0.5) is 0 Å². The predicted molar refractivity (Wildman–Crippen MR) is 90.4 cm³/mol. The van der Waals surface area contributed by atoms with Crippen molar-refractivity contribution in [3.05, 3.63) is 83.4 Å². The molecule has 0 spiro atoms. The molecule has 3 rings (SSSR count). The van der Waals surface area contributed by atoms with Crippen LogP contribution in [0.1, 0.15) is 29.7 Å². The van der Waals surface area contributed by atoms with Crippen molar-refractivity contribution in [3.63, 3.8) is 0 Å². The van der Waals surface area contributed by atoms with Crippen molar-refractivity contribution in [1.82, 2.24) is 5.32 Å². The van der Waals surface area contributed by atoms with E-state index in [1.807, 2.05) is 0 Å². The molecule has 0 saturated heterocycles. The molecule has 1 nitrogen and oxygen atoms in total. The number of aryl methyl sites for hydroxylation is 1. The Morgan fingerprint density at radius 3 is 2.48 bits per heavy atom. The van der Waals surface area contributed by atoms with E-state index in [0.29, 0.717) is 6.04 Å². The van der Waals surface area contributed by atoms with E-state index in [4.69, 9.17) is 0 Å². The SMILES string of the molecule is Cc1cccc([C@H](C)NCc2ccc3ccccc3c2)c1. The number of hydrogen-bond donors (Lipinski definition) is 1. The molecule has 3 aromatic rings. The highest BCUT2D eigenvalue weighted by Gasteiger charge is 2.05. The summed E-state index contributed by atoms with van der Waals surface area (Å²) in [6.07, 6.45) is 0. The summed E-state index contributed by atoms with van der Waals surface area (Å²) in [5, 5.41) is 6.21. The molecule has 1 N–H and O–H groups in total. The van der Waals surface area contributed by atoms with Gasteiger partial charge in [0.25, 0.3) is 0 Å². The Hall–Kier alpha value is -2.12. The Labute approximate surface area is 126 Å². The van der Waals surface area contributed by atoms with Crippen molar-refractivity contribution < 1.29 is 0 Å². The third-order valence-corrected chi connectivity index (χ3v) is 3.97. The van der Waals surface area contributed by atoms with E-state index in [9.17, 15) is 0 Å². The highest BCUT2D eigenvalue weighted by atomic mass is 14.9. The average molecular weight is 275 g/mol. The van der Waals surface area contributed by atoms with E-state index < -0.39 is 0 Å². The van der Waals surface area contributed by atoms with Gasteiger partial charge in [-0.05, 0) is 41.8 Å². The molecule has 3 aromatic carbocycles. The van der Waals surface area contributed by atoms with E-state index in [0.717, 1.165) is 6.54 Å². The lowest BCUT2D eigenvalue weighted by Crippen LogP contribution is -2.18. The molecule has 0 heterocycles. The normalized spacial score (nSPS) is 12.5. The van der Waals surface area contributed by atoms with Crippen LogP contribution in [0.5, 0.6) is 0 Å². The van der Waals surface area contributed by atoms with Gasteiger partial charge in [0, 0.05) is 12.6 Å². The molecule has 0 saturated carbocycles. The molecule has 0 radical (unpaired) electrons. The Balaban J connectivity index is 1.71. The quantitative estimate of drug-likeness (QED) is 0.706. The zero-order valence-corrected chi connectivity index (χ0v) is 12.6. The van der Waals surface area contributed by atoms with Crippen LogP contribution in [-0.4, -0.2) is 0 Å². The maximum absolute atomic E-state index is 3.61. The van der Waals surface area contributed by atoms with Crippen molar-refractivity contribution in [2.24, 2.45) is 0 Å². The van der Waals surface area contributed by atoms with Gasteiger partial charge in [-0.1, -0.05) is 66.2 Å². The monoisotopic (exact) mass is 275 g/mol. The molecule has 1 heteroatoms. The summed E-state index contributed by atoms with van der Waals surface area (Å²) < 4.78 is 0. The molecule has 0 aliphatic carbocycles. The Bertz CT molecular complexity index is 745. The molecule has 0 amide bonds. The van der Waals surface area contributed by atoms with Crippen LogP contribution in [0.2, 0.25) is 0 Å². The third kappa shape index (κ3) is 3.32. The van der Waals surface area contributed by atoms with Gasteiger partial charge in [0.05, 0.1) is 0 Å². The minimum absolute atomic E-state index is 0.358. The first-order valence-electron chi connectivity index (χ1n) is 7.50. The number of fused-ring (bicyclic) bond motifs is 1. The summed E-state index contributed by atoms with van der Waals surface area (Å²) in [4.78, 5) is 0. The maximum atomic E-state index is 3.61. The van der Waals surface area contributed by atoms with Crippen molar-refractivity contribution in [1.29, 1.82) is 0 Å². The molecule has 0 aromatic heterocycles. The second-order valence-corrected chi connectivity index (χ2v) is 5.70. The molecule has 0 fully saturated rings. The van der Waals surface area contributed by atoms with Gasteiger partial charge >= 0.3 is 0 Å². The van der Waals surface area contributed by atoms with E-state index in [1.165, 1.54) is 27.5 Å². The Morgan fingerprint density at radius 1 is 0.857 bits per heavy atom. The van der Waals surface area contributed by atoms with Crippen LogP contribution in [0.3, 0.4) is 0 Å². The first-order valence-corrected chi connectivity index (χ1v) is 7.50.